The molecule has 94 valence electrons. The molecule has 18 heavy (non-hydrogen) atoms. The Morgan fingerprint density at radius 2 is 2.17 bits per heavy atom. The van der Waals surface area contributed by atoms with E-state index in [-0.39, 0.29) is 5.82 Å². The summed E-state index contributed by atoms with van der Waals surface area (Å²) in [6.07, 6.45) is 3.46. The number of hydrogen-bond donors (Lipinski definition) is 1. The van der Waals surface area contributed by atoms with E-state index in [2.05, 4.69) is 31.2 Å². The lowest BCUT2D eigenvalue weighted by atomic mass is 10.2. The highest BCUT2D eigenvalue weighted by molar-refractivity contribution is 9.10. The van der Waals surface area contributed by atoms with Crippen molar-refractivity contribution in [2.75, 3.05) is 11.6 Å². The molecule has 0 atom stereocenters. The van der Waals surface area contributed by atoms with Crippen molar-refractivity contribution in [3.8, 4) is 0 Å². The maximum atomic E-state index is 13.1. The van der Waals surface area contributed by atoms with E-state index < -0.39 is 0 Å². The molecule has 0 fully saturated rings. The van der Waals surface area contributed by atoms with Gasteiger partial charge in [0, 0.05) is 17.1 Å². The van der Waals surface area contributed by atoms with Crippen LogP contribution < -0.4 is 5.32 Å². The molecule has 6 heteroatoms. The van der Waals surface area contributed by atoms with Gasteiger partial charge in [-0.1, -0.05) is 15.9 Å². The second-order valence-corrected chi connectivity index (χ2v) is 5.22. The minimum atomic E-state index is -0.248. The number of nitrogens with zero attached hydrogens (tertiary/aromatic N) is 2. The zero-order chi connectivity index (χ0) is 13.0. The number of hydrogen-bond acceptors (Lipinski definition) is 4. The second kappa shape index (κ2) is 6.15. The van der Waals surface area contributed by atoms with Crippen LogP contribution in [-0.2, 0) is 6.54 Å². The summed E-state index contributed by atoms with van der Waals surface area (Å²) < 4.78 is 14.0. The van der Waals surface area contributed by atoms with E-state index in [1.807, 2.05) is 12.3 Å². The van der Waals surface area contributed by atoms with Crippen LogP contribution in [0.4, 0.5) is 10.2 Å². The largest absolute Gasteiger partial charge is 0.366 e. The molecule has 0 amide bonds. The Hall–Kier alpha value is -1.14. The minimum Gasteiger partial charge on any atom is -0.366 e. The number of halogens is 2. The van der Waals surface area contributed by atoms with E-state index in [1.54, 1.807) is 17.8 Å². The van der Waals surface area contributed by atoms with Crippen LogP contribution in [-0.4, -0.2) is 16.2 Å². The molecule has 2 rings (SSSR count). The second-order valence-electron chi connectivity index (χ2n) is 3.53. The molecule has 0 unspecified atom stereocenters. The first-order valence-corrected chi connectivity index (χ1v) is 7.24. The van der Waals surface area contributed by atoms with E-state index in [9.17, 15) is 4.39 Å². The molecule has 0 saturated heterocycles. The monoisotopic (exact) mass is 327 g/mol. The standard InChI is InChI=1S/C12H11BrFN3S/c1-18-12-5-11(16-7-17-12)15-6-8-4-9(14)2-3-10(8)13/h2-5,7H,6H2,1H3,(H,15,16,17). The van der Waals surface area contributed by atoms with Crippen molar-refractivity contribution in [1.82, 2.24) is 9.97 Å². The summed E-state index contributed by atoms with van der Waals surface area (Å²) in [7, 11) is 0. The summed E-state index contributed by atoms with van der Waals surface area (Å²) in [5, 5.41) is 4.04. The first-order valence-electron chi connectivity index (χ1n) is 5.23. The van der Waals surface area contributed by atoms with Crippen LogP contribution in [0.5, 0.6) is 0 Å². The number of aromatic nitrogens is 2. The van der Waals surface area contributed by atoms with Gasteiger partial charge in [-0.3, -0.25) is 0 Å². The van der Waals surface area contributed by atoms with Crippen molar-refractivity contribution in [1.29, 1.82) is 0 Å². The molecule has 0 aliphatic heterocycles. The number of nitrogens with one attached hydrogen (secondary N) is 1. The molecule has 0 radical (unpaired) electrons. The Kier molecular flexibility index (Phi) is 4.54. The third-order valence-corrected chi connectivity index (χ3v) is 3.73. The minimum absolute atomic E-state index is 0.248. The summed E-state index contributed by atoms with van der Waals surface area (Å²) >= 11 is 4.94. The van der Waals surface area contributed by atoms with Gasteiger partial charge in [0.25, 0.3) is 0 Å². The van der Waals surface area contributed by atoms with E-state index >= 15 is 0 Å². The maximum absolute atomic E-state index is 13.1. The smallest absolute Gasteiger partial charge is 0.130 e. The average Bonchev–Trinajstić information content (AvgIpc) is 2.40. The molecule has 2 aromatic rings. The fourth-order valence-corrected chi connectivity index (χ4v) is 2.18. The SMILES string of the molecule is CSc1cc(NCc2cc(F)ccc2Br)ncn1. The Bertz CT molecular complexity index is 551. The molecular formula is C12H11BrFN3S. The van der Waals surface area contributed by atoms with Crippen molar-refractivity contribution < 1.29 is 4.39 Å². The highest BCUT2D eigenvalue weighted by atomic mass is 79.9. The number of rotatable bonds is 4. The van der Waals surface area contributed by atoms with Gasteiger partial charge in [0.1, 0.15) is 23.0 Å². The van der Waals surface area contributed by atoms with Gasteiger partial charge >= 0.3 is 0 Å². The van der Waals surface area contributed by atoms with Gasteiger partial charge in [-0.25, -0.2) is 14.4 Å². The van der Waals surface area contributed by atoms with Crippen LogP contribution in [0.3, 0.4) is 0 Å². The van der Waals surface area contributed by atoms with Crippen molar-refractivity contribution in [3.63, 3.8) is 0 Å². The summed E-state index contributed by atoms with van der Waals surface area (Å²) in [5.74, 6) is 0.480. The van der Waals surface area contributed by atoms with Crippen LogP contribution in [0.2, 0.25) is 0 Å². The van der Waals surface area contributed by atoms with Gasteiger partial charge in [0.05, 0.1) is 0 Å². The van der Waals surface area contributed by atoms with Crippen LogP contribution >= 0.6 is 27.7 Å². The lowest BCUT2D eigenvalue weighted by molar-refractivity contribution is 0.625. The van der Waals surface area contributed by atoms with Gasteiger partial charge in [-0.15, -0.1) is 11.8 Å². The molecule has 0 bridgehead atoms. The highest BCUT2D eigenvalue weighted by Crippen LogP contribution is 2.19. The first kappa shape index (κ1) is 13.3. The normalized spacial score (nSPS) is 10.4. The zero-order valence-electron chi connectivity index (χ0n) is 9.65. The van der Waals surface area contributed by atoms with Crippen molar-refractivity contribution in [2.45, 2.75) is 11.6 Å². The highest BCUT2D eigenvalue weighted by Gasteiger charge is 2.03. The molecule has 0 aliphatic rings. The average molecular weight is 328 g/mol. The van der Waals surface area contributed by atoms with Gasteiger partial charge in [0.2, 0.25) is 0 Å². The van der Waals surface area contributed by atoms with Gasteiger partial charge in [0.15, 0.2) is 0 Å². The van der Waals surface area contributed by atoms with Gasteiger partial charge in [-0.2, -0.15) is 0 Å². The molecule has 1 heterocycles. The molecule has 3 nitrogen and oxygen atoms in total. The van der Waals surface area contributed by atoms with Crippen molar-refractivity contribution in [3.05, 3.63) is 46.4 Å². The molecule has 0 aliphatic carbocycles. The van der Waals surface area contributed by atoms with E-state index in [4.69, 9.17) is 0 Å². The Morgan fingerprint density at radius 3 is 2.94 bits per heavy atom. The maximum Gasteiger partial charge on any atom is 0.130 e. The first-order chi connectivity index (χ1) is 8.69. The van der Waals surface area contributed by atoms with Gasteiger partial charge in [-0.05, 0) is 30.0 Å². The molecule has 1 N–H and O–H groups in total. The predicted octanol–water partition coefficient (Wildman–Crippen LogP) is 3.71. The molecule has 0 spiro atoms. The van der Waals surface area contributed by atoms with Gasteiger partial charge < -0.3 is 5.32 Å². The van der Waals surface area contributed by atoms with Crippen LogP contribution in [0.1, 0.15) is 5.56 Å². The number of benzene rings is 1. The summed E-state index contributed by atoms with van der Waals surface area (Å²) in [6.45, 7) is 0.503. The molecule has 1 aromatic carbocycles. The summed E-state index contributed by atoms with van der Waals surface area (Å²) in [5.41, 5.74) is 0.847. The van der Waals surface area contributed by atoms with E-state index in [0.717, 1.165) is 20.9 Å². The third kappa shape index (κ3) is 3.43. The van der Waals surface area contributed by atoms with Crippen molar-refractivity contribution in [2.24, 2.45) is 0 Å². The zero-order valence-corrected chi connectivity index (χ0v) is 12.1. The predicted molar refractivity (Wildman–Crippen MR) is 75.2 cm³/mol. The summed E-state index contributed by atoms with van der Waals surface area (Å²) in [4.78, 5) is 8.20. The number of thioether (sulfide) groups is 1. The van der Waals surface area contributed by atoms with Crippen LogP contribution in [0.25, 0.3) is 0 Å². The van der Waals surface area contributed by atoms with Crippen LogP contribution in [0, 0.1) is 5.82 Å². The number of anilines is 1. The van der Waals surface area contributed by atoms with E-state index in [0.29, 0.717) is 6.54 Å². The molecular weight excluding hydrogens is 317 g/mol. The Labute approximate surface area is 117 Å². The van der Waals surface area contributed by atoms with E-state index in [1.165, 1.54) is 18.5 Å². The molecule has 1 aromatic heterocycles. The topological polar surface area (TPSA) is 37.8 Å². The quantitative estimate of drug-likeness (QED) is 0.686. The van der Waals surface area contributed by atoms with Crippen LogP contribution in [0.15, 0.2) is 40.1 Å². The molecule has 0 saturated carbocycles. The lowest BCUT2D eigenvalue weighted by Crippen LogP contribution is -2.03. The Balaban J connectivity index is 2.08. The fourth-order valence-electron chi connectivity index (χ4n) is 1.41. The summed E-state index contributed by atoms with van der Waals surface area (Å²) in [6, 6.07) is 6.47. The Morgan fingerprint density at radius 1 is 1.33 bits per heavy atom. The third-order valence-electron chi connectivity index (χ3n) is 2.32. The van der Waals surface area contributed by atoms with Crippen molar-refractivity contribution >= 4 is 33.5 Å². The lowest BCUT2D eigenvalue weighted by Gasteiger charge is -2.08. The fraction of sp³-hybridized carbons (Fsp3) is 0.167.